The van der Waals surface area contributed by atoms with E-state index in [-0.39, 0.29) is 18.4 Å². The Kier molecular flexibility index (Phi) is 4.14. The molecular weight excluding hydrogens is 212 g/mol. The van der Waals surface area contributed by atoms with Crippen molar-refractivity contribution < 1.29 is 4.79 Å². The fraction of sp³-hybridized carbons (Fsp3) is 0.273. The molecule has 0 saturated carbocycles. The van der Waals surface area contributed by atoms with E-state index in [1.807, 2.05) is 19.1 Å². The first-order valence-electron chi connectivity index (χ1n) is 4.55. The molecule has 0 aromatic heterocycles. The van der Waals surface area contributed by atoms with Crippen LogP contribution in [0.25, 0.3) is 0 Å². The summed E-state index contributed by atoms with van der Waals surface area (Å²) in [7, 11) is 0. The number of nitrogens with zero attached hydrogens (tertiary/aromatic N) is 1. The Balaban J connectivity index is 2.65. The summed E-state index contributed by atoms with van der Waals surface area (Å²) in [6.45, 7) is 1.85. The molecule has 0 radical (unpaired) electrons. The van der Waals surface area contributed by atoms with Gasteiger partial charge in [0.1, 0.15) is 6.42 Å². The van der Waals surface area contributed by atoms with E-state index in [0.717, 1.165) is 5.56 Å². The fourth-order valence-electron chi connectivity index (χ4n) is 1.22. The average molecular weight is 223 g/mol. The van der Waals surface area contributed by atoms with Gasteiger partial charge in [-0.1, -0.05) is 23.7 Å². The van der Waals surface area contributed by atoms with Crippen molar-refractivity contribution in [2.24, 2.45) is 0 Å². The molecule has 1 N–H and O–H groups in total. The molecule has 1 amide bonds. The highest BCUT2D eigenvalue weighted by molar-refractivity contribution is 6.30. The first-order valence-corrected chi connectivity index (χ1v) is 4.93. The van der Waals surface area contributed by atoms with Crippen molar-refractivity contribution in [1.82, 2.24) is 5.32 Å². The van der Waals surface area contributed by atoms with Gasteiger partial charge in [0.2, 0.25) is 5.91 Å². The van der Waals surface area contributed by atoms with Crippen LogP contribution >= 0.6 is 11.6 Å². The molecule has 1 rings (SSSR count). The lowest BCUT2D eigenvalue weighted by Crippen LogP contribution is -2.25. The Morgan fingerprint density at radius 3 is 3.00 bits per heavy atom. The zero-order valence-corrected chi connectivity index (χ0v) is 9.08. The van der Waals surface area contributed by atoms with Crippen molar-refractivity contribution in [3.8, 4) is 6.07 Å². The number of carbonyl (C=O) groups is 1. The molecule has 0 saturated heterocycles. The highest BCUT2D eigenvalue weighted by Crippen LogP contribution is 2.17. The molecule has 1 unspecified atom stereocenters. The normalized spacial score (nSPS) is 11.5. The summed E-state index contributed by atoms with van der Waals surface area (Å²) < 4.78 is 0. The number of hydrogen-bond donors (Lipinski definition) is 1. The predicted octanol–water partition coefficient (Wildman–Crippen LogP) is 2.43. The molecule has 0 aliphatic heterocycles. The molecular formula is C11H11ClN2O. The molecule has 4 heteroatoms. The second-order valence-electron chi connectivity index (χ2n) is 3.18. The van der Waals surface area contributed by atoms with Gasteiger partial charge in [-0.05, 0) is 24.6 Å². The Morgan fingerprint density at radius 1 is 1.67 bits per heavy atom. The molecule has 0 spiro atoms. The van der Waals surface area contributed by atoms with Gasteiger partial charge in [0, 0.05) is 5.02 Å². The van der Waals surface area contributed by atoms with Crippen LogP contribution in [0.4, 0.5) is 0 Å². The van der Waals surface area contributed by atoms with Gasteiger partial charge in [-0.25, -0.2) is 0 Å². The lowest BCUT2D eigenvalue weighted by Gasteiger charge is -2.13. The summed E-state index contributed by atoms with van der Waals surface area (Å²) in [5.41, 5.74) is 0.925. The van der Waals surface area contributed by atoms with Gasteiger partial charge in [0.05, 0.1) is 12.1 Å². The zero-order valence-electron chi connectivity index (χ0n) is 8.33. The van der Waals surface area contributed by atoms with Crippen LogP contribution in [0.15, 0.2) is 24.3 Å². The van der Waals surface area contributed by atoms with Gasteiger partial charge in [-0.3, -0.25) is 4.79 Å². The van der Waals surface area contributed by atoms with Crippen LogP contribution < -0.4 is 5.32 Å². The van der Waals surface area contributed by atoms with Gasteiger partial charge in [0.25, 0.3) is 0 Å². The van der Waals surface area contributed by atoms with Gasteiger partial charge in [-0.15, -0.1) is 0 Å². The van der Waals surface area contributed by atoms with E-state index in [4.69, 9.17) is 16.9 Å². The lowest BCUT2D eigenvalue weighted by atomic mass is 10.1. The van der Waals surface area contributed by atoms with Gasteiger partial charge < -0.3 is 5.32 Å². The molecule has 0 aliphatic carbocycles. The van der Waals surface area contributed by atoms with Crippen LogP contribution in [0.2, 0.25) is 5.02 Å². The standard InChI is InChI=1S/C11H11ClN2O/c1-8(14-11(15)5-6-13)9-3-2-4-10(12)7-9/h2-4,7-8H,5H2,1H3,(H,14,15). The molecule has 3 nitrogen and oxygen atoms in total. The summed E-state index contributed by atoms with van der Waals surface area (Å²) in [5.74, 6) is -0.273. The molecule has 1 aromatic rings. The molecule has 0 fully saturated rings. The third kappa shape index (κ3) is 3.61. The smallest absolute Gasteiger partial charge is 0.234 e. The predicted molar refractivity (Wildman–Crippen MR) is 58.2 cm³/mol. The second kappa shape index (κ2) is 5.38. The van der Waals surface area contributed by atoms with E-state index < -0.39 is 0 Å². The van der Waals surface area contributed by atoms with Gasteiger partial charge >= 0.3 is 0 Å². The molecule has 0 heterocycles. The number of hydrogen-bond acceptors (Lipinski definition) is 2. The molecule has 1 aromatic carbocycles. The fourth-order valence-corrected chi connectivity index (χ4v) is 1.42. The number of halogens is 1. The number of nitrogens with one attached hydrogen (secondary N) is 1. The third-order valence-corrected chi connectivity index (χ3v) is 2.20. The molecule has 1 atom stereocenters. The van der Waals surface area contributed by atoms with Crippen molar-refractivity contribution in [2.45, 2.75) is 19.4 Å². The van der Waals surface area contributed by atoms with E-state index in [9.17, 15) is 4.79 Å². The summed E-state index contributed by atoms with van der Waals surface area (Å²) in [6.07, 6.45) is -0.120. The van der Waals surface area contributed by atoms with Crippen LogP contribution in [0.5, 0.6) is 0 Å². The Hall–Kier alpha value is -1.53. The Morgan fingerprint density at radius 2 is 2.40 bits per heavy atom. The first-order chi connectivity index (χ1) is 7.13. The number of rotatable bonds is 3. The SMILES string of the molecule is CC(NC(=O)CC#N)c1cccc(Cl)c1. The van der Waals surface area contributed by atoms with E-state index >= 15 is 0 Å². The van der Waals surface area contributed by atoms with E-state index in [1.54, 1.807) is 18.2 Å². The van der Waals surface area contributed by atoms with Crippen LogP contribution in [0, 0.1) is 11.3 Å². The maximum absolute atomic E-state index is 11.1. The lowest BCUT2D eigenvalue weighted by molar-refractivity contribution is -0.120. The maximum atomic E-state index is 11.1. The van der Waals surface area contributed by atoms with Crippen molar-refractivity contribution in [3.63, 3.8) is 0 Å². The van der Waals surface area contributed by atoms with Crippen LogP contribution in [-0.4, -0.2) is 5.91 Å². The summed E-state index contributed by atoms with van der Waals surface area (Å²) in [6, 6.07) is 8.93. The minimum absolute atomic E-state index is 0.120. The van der Waals surface area contributed by atoms with E-state index in [2.05, 4.69) is 5.32 Å². The molecule has 0 aliphatic rings. The number of amides is 1. The van der Waals surface area contributed by atoms with Gasteiger partial charge in [-0.2, -0.15) is 5.26 Å². The minimum Gasteiger partial charge on any atom is -0.349 e. The van der Waals surface area contributed by atoms with E-state index in [1.165, 1.54) is 0 Å². The van der Waals surface area contributed by atoms with Gasteiger partial charge in [0.15, 0.2) is 0 Å². The Labute approximate surface area is 93.7 Å². The number of nitriles is 1. The highest BCUT2D eigenvalue weighted by Gasteiger charge is 2.08. The summed E-state index contributed by atoms with van der Waals surface area (Å²) in [5, 5.41) is 11.7. The summed E-state index contributed by atoms with van der Waals surface area (Å²) in [4.78, 5) is 11.1. The Bertz CT molecular complexity index is 398. The van der Waals surface area contributed by atoms with Crippen molar-refractivity contribution >= 4 is 17.5 Å². The minimum atomic E-state index is -0.273. The topological polar surface area (TPSA) is 52.9 Å². The average Bonchev–Trinajstić information content (AvgIpc) is 2.18. The van der Waals surface area contributed by atoms with Crippen molar-refractivity contribution in [2.75, 3.05) is 0 Å². The first kappa shape index (κ1) is 11.5. The monoisotopic (exact) mass is 222 g/mol. The second-order valence-corrected chi connectivity index (χ2v) is 3.62. The van der Waals surface area contributed by atoms with Crippen LogP contribution in [-0.2, 0) is 4.79 Å². The van der Waals surface area contributed by atoms with Crippen molar-refractivity contribution in [1.29, 1.82) is 5.26 Å². The van der Waals surface area contributed by atoms with Crippen LogP contribution in [0.1, 0.15) is 24.9 Å². The summed E-state index contributed by atoms with van der Waals surface area (Å²) >= 11 is 5.82. The molecule has 78 valence electrons. The number of benzene rings is 1. The molecule has 15 heavy (non-hydrogen) atoms. The number of carbonyl (C=O) groups excluding carboxylic acids is 1. The quantitative estimate of drug-likeness (QED) is 0.854. The molecule has 0 bridgehead atoms. The maximum Gasteiger partial charge on any atom is 0.234 e. The van der Waals surface area contributed by atoms with Crippen molar-refractivity contribution in [3.05, 3.63) is 34.9 Å². The zero-order chi connectivity index (χ0) is 11.3. The largest absolute Gasteiger partial charge is 0.349 e. The van der Waals surface area contributed by atoms with Crippen LogP contribution in [0.3, 0.4) is 0 Å². The highest BCUT2D eigenvalue weighted by atomic mass is 35.5. The van der Waals surface area contributed by atoms with E-state index in [0.29, 0.717) is 5.02 Å². The third-order valence-electron chi connectivity index (χ3n) is 1.97.